The highest BCUT2D eigenvalue weighted by atomic mass is 16.5. The number of methoxy groups -OCH3 is 1. The van der Waals surface area contributed by atoms with Gasteiger partial charge < -0.3 is 24.8 Å². The lowest BCUT2D eigenvalue weighted by Crippen LogP contribution is -2.01. The molecule has 2 aromatic carbocycles. The van der Waals surface area contributed by atoms with Gasteiger partial charge in [-0.3, -0.25) is 0 Å². The number of hydrogen-bond acceptors (Lipinski definition) is 5. The molecule has 2 rings (SSSR count). The zero-order valence-electron chi connectivity index (χ0n) is 12.2. The highest BCUT2D eigenvalue weighted by molar-refractivity contribution is 5.51. The minimum Gasteiger partial charge on any atom is -0.504 e. The number of ether oxygens (including phenoxy) is 2. The predicted octanol–water partition coefficient (Wildman–Crippen LogP) is 2.61. The van der Waals surface area contributed by atoms with Crippen molar-refractivity contribution in [3.63, 3.8) is 0 Å². The maximum atomic E-state index is 9.82. The number of aliphatic hydroxyl groups is 2. The first kappa shape index (κ1) is 15.9. The van der Waals surface area contributed by atoms with Crippen LogP contribution in [0.3, 0.4) is 0 Å². The monoisotopic (exact) mass is 302 g/mol. The lowest BCUT2D eigenvalue weighted by molar-refractivity contribution is -0.0442. The Morgan fingerprint density at radius 2 is 1.86 bits per heavy atom. The first-order valence-electron chi connectivity index (χ1n) is 6.66. The molecule has 0 saturated heterocycles. The van der Waals surface area contributed by atoms with Crippen molar-refractivity contribution in [3.05, 3.63) is 59.7 Å². The molecule has 0 atom stereocenters. The van der Waals surface area contributed by atoms with E-state index < -0.39 is 6.29 Å². The van der Waals surface area contributed by atoms with Crippen LogP contribution in [-0.4, -0.2) is 22.4 Å². The number of phenolic OH excluding ortho intramolecular Hbond substituents is 1. The summed E-state index contributed by atoms with van der Waals surface area (Å²) in [7, 11) is 1.38. The molecule has 5 heteroatoms. The lowest BCUT2D eigenvalue weighted by Gasteiger charge is -2.14. The van der Waals surface area contributed by atoms with Crippen LogP contribution in [0.15, 0.2) is 43.0 Å². The first-order chi connectivity index (χ1) is 10.5. The molecule has 0 saturated carbocycles. The number of aliphatic hydroxyl groups excluding tert-OH is 1. The molecule has 0 fully saturated rings. The number of rotatable bonds is 6. The summed E-state index contributed by atoms with van der Waals surface area (Å²) < 4.78 is 10.6. The van der Waals surface area contributed by atoms with E-state index in [0.717, 1.165) is 11.1 Å². The summed E-state index contributed by atoms with van der Waals surface area (Å²) in [6.45, 7) is 3.99. The second-order valence-electron chi connectivity index (χ2n) is 4.67. The maximum absolute atomic E-state index is 9.82. The molecule has 2 aromatic rings. The van der Waals surface area contributed by atoms with E-state index in [1.807, 2.05) is 24.3 Å². The third-order valence-electron chi connectivity index (χ3n) is 3.20. The molecule has 0 radical (unpaired) electrons. The van der Waals surface area contributed by atoms with Gasteiger partial charge in [0, 0.05) is 6.07 Å². The second kappa shape index (κ2) is 6.98. The van der Waals surface area contributed by atoms with Gasteiger partial charge in [-0.25, -0.2) is 0 Å². The van der Waals surface area contributed by atoms with Crippen molar-refractivity contribution in [1.82, 2.24) is 0 Å². The fraction of sp³-hybridized carbons (Fsp3) is 0.176. The van der Waals surface area contributed by atoms with Crippen molar-refractivity contribution in [2.45, 2.75) is 12.9 Å². The average Bonchev–Trinajstić information content (AvgIpc) is 2.54. The second-order valence-corrected chi connectivity index (χ2v) is 4.67. The Kier molecular flexibility index (Phi) is 5.04. The SMILES string of the molecule is C=Cc1ccc(COc2cc(OC)c(O)c(C(O)O)c2)cc1. The Morgan fingerprint density at radius 3 is 2.41 bits per heavy atom. The van der Waals surface area contributed by atoms with Crippen molar-refractivity contribution >= 4 is 6.08 Å². The minimum absolute atomic E-state index is 0.0728. The van der Waals surface area contributed by atoms with Crippen molar-refractivity contribution in [1.29, 1.82) is 0 Å². The molecule has 0 amide bonds. The molecule has 3 N–H and O–H groups in total. The van der Waals surface area contributed by atoms with Crippen molar-refractivity contribution in [2.75, 3.05) is 7.11 Å². The number of phenols is 1. The van der Waals surface area contributed by atoms with Gasteiger partial charge in [-0.05, 0) is 17.2 Å². The minimum atomic E-state index is -1.82. The van der Waals surface area contributed by atoms with E-state index in [9.17, 15) is 15.3 Å². The smallest absolute Gasteiger partial charge is 0.182 e. The largest absolute Gasteiger partial charge is 0.504 e. The molecule has 0 aromatic heterocycles. The van der Waals surface area contributed by atoms with Gasteiger partial charge in [0.05, 0.1) is 12.7 Å². The zero-order chi connectivity index (χ0) is 16.1. The Balaban J connectivity index is 2.18. The number of hydrogen-bond donors (Lipinski definition) is 3. The van der Waals surface area contributed by atoms with E-state index in [0.29, 0.717) is 12.4 Å². The van der Waals surface area contributed by atoms with E-state index in [1.54, 1.807) is 6.08 Å². The summed E-state index contributed by atoms with van der Waals surface area (Å²) in [5.74, 6) is 0.160. The van der Waals surface area contributed by atoms with Crippen LogP contribution < -0.4 is 9.47 Å². The molecule has 0 aliphatic heterocycles. The van der Waals surface area contributed by atoms with Crippen molar-refractivity contribution < 1.29 is 24.8 Å². The van der Waals surface area contributed by atoms with Crippen molar-refractivity contribution in [3.8, 4) is 17.2 Å². The molecule has 0 unspecified atom stereocenters. The van der Waals surface area contributed by atoms with E-state index in [1.165, 1.54) is 19.2 Å². The molecule has 0 aliphatic carbocycles. The number of benzene rings is 2. The van der Waals surface area contributed by atoms with Crippen LogP contribution in [0.1, 0.15) is 23.0 Å². The topological polar surface area (TPSA) is 79.2 Å². The van der Waals surface area contributed by atoms with Crippen LogP contribution in [0.4, 0.5) is 0 Å². The first-order valence-corrected chi connectivity index (χ1v) is 6.66. The van der Waals surface area contributed by atoms with E-state index >= 15 is 0 Å². The Morgan fingerprint density at radius 1 is 1.18 bits per heavy atom. The molecule has 0 bridgehead atoms. The standard InChI is InChI=1S/C17H18O5/c1-3-11-4-6-12(7-5-11)10-22-13-8-14(17(19)20)16(18)15(9-13)21-2/h3-9,17-20H,1,10H2,2H3. The van der Waals surface area contributed by atoms with E-state index in [2.05, 4.69) is 6.58 Å². The summed E-state index contributed by atoms with van der Waals surface area (Å²) in [5, 5.41) is 28.4. The highest BCUT2D eigenvalue weighted by Gasteiger charge is 2.16. The maximum Gasteiger partial charge on any atom is 0.182 e. The van der Waals surface area contributed by atoms with Crippen LogP contribution in [0, 0.1) is 0 Å². The van der Waals surface area contributed by atoms with Crippen LogP contribution >= 0.6 is 0 Å². The van der Waals surface area contributed by atoms with Crippen molar-refractivity contribution in [2.24, 2.45) is 0 Å². The normalized spacial score (nSPS) is 10.5. The van der Waals surface area contributed by atoms with Gasteiger partial charge in [0.1, 0.15) is 12.4 Å². The quantitative estimate of drug-likeness (QED) is 0.715. The average molecular weight is 302 g/mol. The highest BCUT2D eigenvalue weighted by Crippen LogP contribution is 2.37. The van der Waals surface area contributed by atoms with Gasteiger partial charge in [0.25, 0.3) is 0 Å². The Labute approximate surface area is 128 Å². The summed E-state index contributed by atoms with van der Waals surface area (Å²) in [6.07, 6.45) is -0.0611. The van der Waals surface area contributed by atoms with Crippen LogP contribution in [0.5, 0.6) is 17.2 Å². The third kappa shape index (κ3) is 3.58. The van der Waals surface area contributed by atoms with Crippen LogP contribution in [-0.2, 0) is 6.61 Å². The van der Waals surface area contributed by atoms with Gasteiger partial charge in [-0.15, -0.1) is 0 Å². The van der Waals surface area contributed by atoms with Gasteiger partial charge in [0.2, 0.25) is 0 Å². The number of aromatic hydroxyl groups is 1. The molecular weight excluding hydrogens is 284 g/mol. The summed E-state index contributed by atoms with van der Waals surface area (Å²) >= 11 is 0. The Bertz CT molecular complexity index is 647. The summed E-state index contributed by atoms with van der Waals surface area (Å²) in [6, 6.07) is 10.5. The van der Waals surface area contributed by atoms with E-state index in [4.69, 9.17) is 9.47 Å². The predicted molar refractivity (Wildman–Crippen MR) is 82.7 cm³/mol. The Hall–Kier alpha value is -2.50. The molecular formula is C17H18O5. The van der Waals surface area contributed by atoms with Gasteiger partial charge in [-0.2, -0.15) is 0 Å². The van der Waals surface area contributed by atoms with Gasteiger partial charge in [0.15, 0.2) is 17.8 Å². The lowest BCUT2D eigenvalue weighted by atomic mass is 10.1. The van der Waals surface area contributed by atoms with Gasteiger partial charge in [-0.1, -0.05) is 36.9 Å². The zero-order valence-corrected chi connectivity index (χ0v) is 12.2. The molecule has 0 heterocycles. The molecule has 0 aliphatic rings. The van der Waals surface area contributed by atoms with Crippen LogP contribution in [0.25, 0.3) is 6.08 Å². The van der Waals surface area contributed by atoms with Crippen LogP contribution in [0.2, 0.25) is 0 Å². The molecule has 0 spiro atoms. The van der Waals surface area contributed by atoms with E-state index in [-0.39, 0.29) is 17.1 Å². The fourth-order valence-electron chi connectivity index (χ4n) is 1.96. The molecule has 5 nitrogen and oxygen atoms in total. The van der Waals surface area contributed by atoms with Gasteiger partial charge >= 0.3 is 0 Å². The fourth-order valence-corrected chi connectivity index (χ4v) is 1.96. The third-order valence-corrected chi connectivity index (χ3v) is 3.20. The molecule has 22 heavy (non-hydrogen) atoms. The summed E-state index contributed by atoms with van der Waals surface area (Å²) in [5.41, 5.74) is 1.89. The molecule has 116 valence electrons. The summed E-state index contributed by atoms with van der Waals surface area (Å²) in [4.78, 5) is 0.